The first-order chi connectivity index (χ1) is 5.74. The fourth-order valence-corrected chi connectivity index (χ4v) is 0.631. The third-order valence-corrected chi connectivity index (χ3v) is 1.22. The Morgan fingerprint density at radius 1 is 1.58 bits per heavy atom. The topological polar surface area (TPSA) is 43.1 Å². The van der Waals surface area contributed by atoms with E-state index in [9.17, 15) is 4.79 Å². The average Bonchev–Trinajstić information content (AvgIpc) is 2.55. The minimum atomic E-state index is -0.125. The lowest BCUT2D eigenvalue weighted by Gasteiger charge is -1.80. The number of hydrogen-bond acceptors (Lipinski definition) is 3. The number of oxazole rings is 1. The van der Waals surface area contributed by atoms with E-state index in [4.69, 9.17) is 4.42 Å². The summed E-state index contributed by atoms with van der Waals surface area (Å²) in [6, 6.07) is 0. The second kappa shape index (κ2) is 5.52. The Bertz CT molecular complexity index is 240. The lowest BCUT2D eigenvalue weighted by atomic mass is 10.4. The van der Waals surface area contributed by atoms with E-state index < -0.39 is 0 Å². The van der Waals surface area contributed by atoms with Gasteiger partial charge in [-0.2, -0.15) is 0 Å². The summed E-state index contributed by atoms with van der Waals surface area (Å²) in [5, 5.41) is 0. The molecular weight excluding hydrogens is 154 g/mol. The molecular formula is C9H15NO2. The minimum absolute atomic E-state index is 0.125. The molecule has 3 heteroatoms. The molecule has 0 unspecified atom stereocenters. The van der Waals surface area contributed by atoms with Crippen LogP contribution in [0.5, 0.6) is 0 Å². The minimum Gasteiger partial charge on any atom is -0.442 e. The van der Waals surface area contributed by atoms with Crippen LogP contribution in [0.2, 0.25) is 0 Å². The third kappa shape index (κ3) is 2.86. The molecule has 0 saturated heterocycles. The van der Waals surface area contributed by atoms with Gasteiger partial charge in [-0.25, -0.2) is 4.98 Å². The lowest BCUT2D eigenvalue weighted by Crippen LogP contribution is -1.91. The molecule has 0 aromatic carbocycles. The lowest BCUT2D eigenvalue weighted by molar-refractivity contribution is 0.0980. The Kier molecular flexibility index (Phi) is 5.00. The maximum Gasteiger partial charge on any atom is 0.262 e. The van der Waals surface area contributed by atoms with Crippen LogP contribution >= 0.6 is 0 Å². The Morgan fingerprint density at radius 2 is 2.17 bits per heavy atom. The molecule has 0 aliphatic rings. The van der Waals surface area contributed by atoms with Crippen molar-refractivity contribution in [1.29, 1.82) is 0 Å². The van der Waals surface area contributed by atoms with Crippen LogP contribution < -0.4 is 0 Å². The maximum absolute atomic E-state index is 10.6. The van der Waals surface area contributed by atoms with Gasteiger partial charge in [-0.1, -0.05) is 20.8 Å². The molecule has 0 aliphatic heterocycles. The van der Waals surface area contributed by atoms with E-state index >= 15 is 0 Å². The van der Waals surface area contributed by atoms with Crippen molar-refractivity contribution in [1.82, 2.24) is 4.98 Å². The van der Waals surface area contributed by atoms with Crippen molar-refractivity contribution in [2.24, 2.45) is 0 Å². The molecule has 1 rings (SSSR count). The highest BCUT2D eigenvalue weighted by Gasteiger charge is 2.05. The summed E-state index contributed by atoms with van der Waals surface area (Å²) in [7, 11) is 0. The van der Waals surface area contributed by atoms with E-state index in [0.717, 1.165) is 12.1 Å². The predicted molar refractivity (Wildman–Crippen MR) is 47.2 cm³/mol. The highest BCUT2D eigenvalue weighted by molar-refractivity contribution is 5.89. The number of aromatic nitrogens is 1. The first kappa shape index (κ1) is 10.9. The van der Waals surface area contributed by atoms with Gasteiger partial charge in [0.15, 0.2) is 0 Å². The van der Waals surface area contributed by atoms with Crippen molar-refractivity contribution < 1.29 is 9.21 Å². The molecule has 0 atom stereocenters. The average molecular weight is 169 g/mol. The van der Waals surface area contributed by atoms with Gasteiger partial charge in [0.25, 0.3) is 5.89 Å². The van der Waals surface area contributed by atoms with Gasteiger partial charge in [-0.05, 0) is 6.42 Å². The van der Waals surface area contributed by atoms with Crippen molar-refractivity contribution in [2.75, 3.05) is 0 Å². The van der Waals surface area contributed by atoms with Gasteiger partial charge >= 0.3 is 0 Å². The summed E-state index contributed by atoms with van der Waals surface area (Å²) in [5.41, 5.74) is 0.824. The summed E-state index contributed by atoms with van der Waals surface area (Å²) >= 11 is 0. The summed E-state index contributed by atoms with van der Waals surface area (Å²) in [5.74, 6) is 0.0801. The van der Waals surface area contributed by atoms with Crippen LogP contribution in [0.15, 0.2) is 10.7 Å². The first-order valence-electron chi connectivity index (χ1n) is 4.19. The number of ketones is 1. The van der Waals surface area contributed by atoms with Crippen molar-refractivity contribution in [3.63, 3.8) is 0 Å². The van der Waals surface area contributed by atoms with Crippen molar-refractivity contribution in [2.45, 2.75) is 34.1 Å². The highest BCUT2D eigenvalue weighted by atomic mass is 16.3. The maximum atomic E-state index is 10.6. The summed E-state index contributed by atoms with van der Waals surface area (Å²) in [6.07, 6.45) is 2.31. The van der Waals surface area contributed by atoms with E-state index in [1.165, 1.54) is 13.2 Å². The molecule has 0 saturated carbocycles. The zero-order chi connectivity index (χ0) is 9.56. The third-order valence-electron chi connectivity index (χ3n) is 1.22. The van der Waals surface area contributed by atoms with E-state index in [-0.39, 0.29) is 11.7 Å². The van der Waals surface area contributed by atoms with Crippen LogP contribution in [0.1, 0.15) is 44.1 Å². The number of nitrogens with zero attached hydrogens (tertiary/aromatic N) is 1. The van der Waals surface area contributed by atoms with Crippen LogP contribution in [0, 0.1) is 0 Å². The Hall–Kier alpha value is -1.12. The van der Waals surface area contributed by atoms with Crippen LogP contribution in [0.3, 0.4) is 0 Å². The molecule has 3 nitrogen and oxygen atoms in total. The highest BCUT2D eigenvalue weighted by Crippen LogP contribution is 2.02. The zero-order valence-electron chi connectivity index (χ0n) is 8.05. The monoisotopic (exact) mass is 169 g/mol. The molecule has 0 spiro atoms. The molecule has 0 amide bonds. The Balaban J connectivity index is 0.000000561. The molecule has 12 heavy (non-hydrogen) atoms. The van der Waals surface area contributed by atoms with Crippen LogP contribution in [-0.4, -0.2) is 10.8 Å². The van der Waals surface area contributed by atoms with Crippen molar-refractivity contribution >= 4 is 5.78 Å². The second-order valence-corrected chi connectivity index (χ2v) is 2.05. The zero-order valence-corrected chi connectivity index (χ0v) is 8.05. The molecule has 0 fully saturated rings. The van der Waals surface area contributed by atoms with Crippen LogP contribution in [-0.2, 0) is 6.42 Å². The van der Waals surface area contributed by atoms with E-state index in [0.29, 0.717) is 0 Å². The first-order valence-corrected chi connectivity index (χ1v) is 4.19. The second-order valence-electron chi connectivity index (χ2n) is 2.05. The van der Waals surface area contributed by atoms with Gasteiger partial charge in [-0.3, -0.25) is 4.79 Å². The number of aryl methyl sites for hydroxylation is 1. The Morgan fingerprint density at radius 3 is 2.42 bits per heavy atom. The Labute approximate surface area is 72.8 Å². The van der Waals surface area contributed by atoms with Crippen molar-refractivity contribution in [3.8, 4) is 0 Å². The van der Waals surface area contributed by atoms with Crippen LogP contribution in [0.25, 0.3) is 0 Å². The van der Waals surface area contributed by atoms with Gasteiger partial charge in [0.2, 0.25) is 5.78 Å². The number of hydrogen-bond donors (Lipinski definition) is 0. The quantitative estimate of drug-likeness (QED) is 0.639. The molecule has 0 N–H and O–H groups in total. The van der Waals surface area contributed by atoms with Gasteiger partial charge in [-0.15, -0.1) is 0 Å². The molecule has 1 heterocycles. The van der Waals surface area contributed by atoms with Crippen LogP contribution in [0.4, 0.5) is 0 Å². The summed E-state index contributed by atoms with van der Waals surface area (Å²) in [6.45, 7) is 7.40. The summed E-state index contributed by atoms with van der Waals surface area (Å²) in [4.78, 5) is 14.5. The van der Waals surface area contributed by atoms with Gasteiger partial charge in [0, 0.05) is 6.92 Å². The van der Waals surface area contributed by atoms with Crippen molar-refractivity contribution in [3.05, 3.63) is 17.8 Å². The molecule has 68 valence electrons. The van der Waals surface area contributed by atoms with E-state index in [2.05, 4.69) is 4.98 Å². The SMILES string of the molecule is CC.CCc1coc(C(C)=O)n1. The van der Waals surface area contributed by atoms with E-state index in [1.54, 1.807) is 0 Å². The largest absolute Gasteiger partial charge is 0.442 e. The predicted octanol–water partition coefficient (Wildman–Crippen LogP) is 2.47. The fourth-order valence-electron chi connectivity index (χ4n) is 0.631. The number of rotatable bonds is 2. The van der Waals surface area contributed by atoms with E-state index in [1.807, 2.05) is 20.8 Å². The number of carbonyl (C=O) groups is 1. The van der Waals surface area contributed by atoms with Gasteiger partial charge < -0.3 is 4.42 Å². The number of Topliss-reactive ketones (excluding diaryl/α,β-unsaturated/α-hetero) is 1. The fraction of sp³-hybridized carbons (Fsp3) is 0.556. The summed E-state index contributed by atoms with van der Waals surface area (Å²) < 4.78 is 4.86. The molecule has 0 bridgehead atoms. The van der Waals surface area contributed by atoms with Gasteiger partial charge in [0.1, 0.15) is 6.26 Å². The number of carbonyl (C=O) groups excluding carboxylic acids is 1. The van der Waals surface area contributed by atoms with Gasteiger partial charge in [0.05, 0.1) is 5.69 Å². The molecule has 0 radical (unpaired) electrons. The molecule has 1 aromatic rings. The standard InChI is InChI=1S/C7H9NO2.C2H6/c1-3-6-4-10-7(8-6)5(2)9;1-2/h4H,3H2,1-2H3;1-2H3. The molecule has 0 aliphatic carbocycles. The normalized spacial score (nSPS) is 8.67. The smallest absolute Gasteiger partial charge is 0.262 e. The molecule has 1 aromatic heterocycles.